The molecule has 1 fully saturated rings. The third kappa shape index (κ3) is 2.86. The number of hydrogen-bond acceptors (Lipinski definition) is 4. The summed E-state index contributed by atoms with van der Waals surface area (Å²) >= 11 is 3.59. The Morgan fingerprint density at radius 3 is 2.74 bits per heavy atom. The molecule has 1 aromatic heterocycles. The minimum absolute atomic E-state index is 0.0956. The average molecular weight is 332 g/mol. The van der Waals surface area contributed by atoms with Crippen molar-refractivity contribution in [3.8, 4) is 0 Å². The van der Waals surface area contributed by atoms with E-state index < -0.39 is 0 Å². The standard InChI is InChI=1S/C13H22BrN3O2/c1-4-19-13(5-7-18-8-6-13)12(15-2)11-10(14)9-16-17(11)3/h9,12,15H,4-8H2,1-3H3. The lowest BCUT2D eigenvalue weighted by Crippen LogP contribution is -2.49. The van der Waals surface area contributed by atoms with Crippen LogP contribution in [0.5, 0.6) is 0 Å². The van der Waals surface area contributed by atoms with Crippen molar-refractivity contribution in [2.24, 2.45) is 7.05 Å². The highest BCUT2D eigenvalue weighted by Gasteiger charge is 2.43. The molecule has 1 aliphatic rings. The zero-order valence-electron chi connectivity index (χ0n) is 11.8. The number of likely N-dealkylation sites (N-methyl/N-ethyl adjacent to an activating group) is 1. The molecule has 1 unspecified atom stereocenters. The molecule has 5 nitrogen and oxygen atoms in total. The van der Waals surface area contributed by atoms with E-state index in [1.54, 1.807) is 0 Å². The third-order valence-electron chi connectivity index (χ3n) is 3.80. The fraction of sp³-hybridized carbons (Fsp3) is 0.769. The molecule has 19 heavy (non-hydrogen) atoms. The molecule has 0 saturated carbocycles. The van der Waals surface area contributed by atoms with Crippen molar-refractivity contribution in [1.82, 2.24) is 15.1 Å². The Kier molecular flexibility index (Phi) is 5.00. The monoisotopic (exact) mass is 331 g/mol. The number of ether oxygens (including phenoxy) is 2. The van der Waals surface area contributed by atoms with Crippen molar-refractivity contribution in [2.45, 2.75) is 31.4 Å². The molecule has 0 aliphatic carbocycles. The molecule has 1 aliphatic heterocycles. The van der Waals surface area contributed by atoms with Gasteiger partial charge in [-0.05, 0) is 29.9 Å². The minimum atomic E-state index is -0.224. The lowest BCUT2D eigenvalue weighted by molar-refractivity contribution is -0.128. The normalized spacial score (nSPS) is 20.4. The van der Waals surface area contributed by atoms with E-state index in [1.165, 1.54) is 0 Å². The fourth-order valence-corrected chi connectivity index (χ4v) is 3.49. The highest BCUT2D eigenvalue weighted by molar-refractivity contribution is 9.10. The van der Waals surface area contributed by atoms with Gasteiger partial charge in [-0.2, -0.15) is 5.10 Å². The molecule has 1 aromatic rings. The summed E-state index contributed by atoms with van der Waals surface area (Å²) in [6.45, 7) is 4.23. The summed E-state index contributed by atoms with van der Waals surface area (Å²) in [5.74, 6) is 0. The van der Waals surface area contributed by atoms with Crippen molar-refractivity contribution in [1.29, 1.82) is 0 Å². The summed E-state index contributed by atoms with van der Waals surface area (Å²) in [4.78, 5) is 0. The van der Waals surface area contributed by atoms with Gasteiger partial charge in [0.15, 0.2) is 0 Å². The van der Waals surface area contributed by atoms with E-state index in [1.807, 2.05) is 31.9 Å². The van der Waals surface area contributed by atoms with Crippen LogP contribution in [-0.2, 0) is 16.5 Å². The molecular weight excluding hydrogens is 310 g/mol. The van der Waals surface area contributed by atoms with Crippen molar-refractivity contribution >= 4 is 15.9 Å². The van der Waals surface area contributed by atoms with Gasteiger partial charge in [0.25, 0.3) is 0 Å². The van der Waals surface area contributed by atoms with Crippen molar-refractivity contribution in [2.75, 3.05) is 26.9 Å². The maximum Gasteiger partial charge on any atom is 0.0935 e. The average Bonchev–Trinajstić information content (AvgIpc) is 2.73. The number of nitrogens with one attached hydrogen (secondary N) is 1. The predicted octanol–water partition coefficient (Wildman–Crippen LogP) is 2.03. The van der Waals surface area contributed by atoms with Crippen LogP contribution >= 0.6 is 15.9 Å². The highest BCUT2D eigenvalue weighted by Crippen LogP contribution is 2.39. The maximum absolute atomic E-state index is 6.15. The molecular formula is C13H22BrN3O2. The summed E-state index contributed by atoms with van der Waals surface area (Å²) in [5.41, 5.74) is 0.899. The van der Waals surface area contributed by atoms with E-state index in [0.717, 1.165) is 36.2 Å². The molecule has 0 amide bonds. The quantitative estimate of drug-likeness (QED) is 0.896. The minimum Gasteiger partial charge on any atom is -0.381 e. The molecule has 1 saturated heterocycles. The second-order valence-corrected chi connectivity index (χ2v) is 5.69. The van der Waals surface area contributed by atoms with Gasteiger partial charge >= 0.3 is 0 Å². The van der Waals surface area contributed by atoms with Gasteiger partial charge in [0.1, 0.15) is 0 Å². The number of halogens is 1. The van der Waals surface area contributed by atoms with Gasteiger partial charge in [-0.25, -0.2) is 0 Å². The first-order valence-electron chi connectivity index (χ1n) is 6.71. The summed E-state index contributed by atoms with van der Waals surface area (Å²) < 4.78 is 14.6. The molecule has 1 atom stereocenters. The van der Waals surface area contributed by atoms with E-state index in [-0.39, 0.29) is 11.6 Å². The van der Waals surface area contributed by atoms with Gasteiger partial charge < -0.3 is 14.8 Å². The molecule has 2 heterocycles. The Morgan fingerprint density at radius 2 is 2.26 bits per heavy atom. The van der Waals surface area contributed by atoms with Crippen molar-refractivity contribution < 1.29 is 9.47 Å². The first kappa shape index (κ1) is 15.0. The van der Waals surface area contributed by atoms with Gasteiger partial charge in [0, 0.05) is 39.7 Å². The summed E-state index contributed by atoms with van der Waals surface area (Å²) in [5, 5.41) is 7.72. The maximum atomic E-state index is 6.15. The first-order chi connectivity index (χ1) is 9.14. The van der Waals surface area contributed by atoms with Crippen LogP contribution in [0.1, 0.15) is 31.5 Å². The Balaban J connectivity index is 2.37. The number of nitrogens with zero attached hydrogens (tertiary/aromatic N) is 2. The third-order valence-corrected chi connectivity index (χ3v) is 4.41. The fourth-order valence-electron chi connectivity index (χ4n) is 2.91. The summed E-state index contributed by atoms with van der Waals surface area (Å²) in [6, 6.07) is 0.0956. The van der Waals surface area contributed by atoms with Gasteiger partial charge in [0.2, 0.25) is 0 Å². The molecule has 0 spiro atoms. The Hall–Kier alpha value is -0.430. The zero-order chi connectivity index (χ0) is 13.9. The molecule has 2 rings (SSSR count). The van der Waals surface area contributed by atoms with E-state index in [9.17, 15) is 0 Å². The second kappa shape index (κ2) is 6.35. The zero-order valence-corrected chi connectivity index (χ0v) is 13.4. The topological polar surface area (TPSA) is 48.3 Å². The van der Waals surface area contributed by atoms with Gasteiger partial charge in [-0.15, -0.1) is 0 Å². The van der Waals surface area contributed by atoms with Crippen molar-refractivity contribution in [3.05, 3.63) is 16.4 Å². The number of hydrogen-bond donors (Lipinski definition) is 1. The lowest BCUT2D eigenvalue weighted by Gasteiger charge is -2.43. The molecule has 1 N–H and O–H groups in total. The molecule has 0 aromatic carbocycles. The summed E-state index contributed by atoms with van der Waals surface area (Å²) in [6.07, 6.45) is 3.62. The van der Waals surface area contributed by atoms with Crippen LogP contribution in [-0.4, -0.2) is 42.2 Å². The first-order valence-corrected chi connectivity index (χ1v) is 7.50. The number of aromatic nitrogens is 2. The van der Waals surface area contributed by atoms with Gasteiger partial charge in [-0.1, -0.05) is 0 Å². The SMILES string of the molecule is CCOC1(C(NC)c2c(Br)cnn2C)CCOCC1. The van der Waals surface area contributed by atoms with Crippen LogP contribution in [0, 0.1) is 0 Å². The molecule has 108 valence electrons. The highest BCUT2D eigenvalue weighted by atomic mass is 79.9. The molecule has 6 heteroatoms. The van der Waals surface area contributed by atoms with E-state index >= 15 is 0 Å². The van der Waals surface area contributed by atoms with Crippen LogP contribution in [0.3, 0.4) is 0 Å². The van der Waals surface area contributed by atoms with Gasteiger partial charge in [-0.3, -0.25) is 4.68 Å². The van der Waals surface area contributed by atoms with E-state index in [0.29, 0.717) is 6.61 Å². The summed E-state index contributed by atoms with van der Waals surface area (Å²) in [7, 11) is 3.93. The van der Waals surface area contributed by atoms with Crippen LogP contribution in [0.25, 0.3) is 0 Å². The van der Waals surface area contributed by atoms with Crippen LogP contribution in [0.15, 0.2) is 10.7 Å². The van der Waals surface area contributed by atoms with Gasteiger partial charge in [0.05, 0.1) is 28.0 Å². The Labute approximate surface area is 122 Å². The smallest absolute Gasteiger partial charge is 0.0935 e. The predicted molar refractivity (Wildman–Crippen MR) is 77.1 cm³/mol. The molecule has 0 bridgehead atoms. The van der Waals surface area contributed by atoms with E-state index in [2.05, 4.69) is 26.3 Å². The Bertz CT molecular complexity index is 391. The molecule has 0 radical (unpaired) electrons. The van der Waals surface area contributed by atoms with Crippen LogP contribution in [0.4, 0.5) is 0 Å². The largest absolute Gasteiger partial charge is 0.381 e. The van der Waals surface area contributed by atoms with Crippen LogP contribution in [0.2, 0.25) is 0 Å². The van der Waals surface area contributed by atoms with Crippen molar-refractivity contribution in [3.63, 3.8) is 0 Å². The number of rotatable bonds is 5. The van der Waals surface area contributed by atoms with Crippen LogP contribution < -0.4 is 5.32 Å². The second-order valence-electron chi connectivity index (χ2n) is 4.83. The number of aryl methyl sites for hydroxylation is 1. The lowest BCUT2D eigenvalue weighted by atomic mass is 9.84. The Morgan fingerprint density at radius 1 is 1.58 bits per heavy atom. The van der Waals surface area contributed by atoms with E-state index in [4.69, 9.17) is 9.47 Å².